The Morgan fingerprint density at radius 3 is 2.21 bits per heavy atom. The number of amides is 1. The van der Waals surface area contributed by atoms with Crippen LogP contribution in [0.3, 0.4) is 0 Å². The predicted molar refractivity (Wildman–Crippen MR) is 123 cm³/mol. The van der Waals surface area contributed by atoms with E-state index in [-0.39, 0.29) is 12.5 Å². The molecular weight excluding hydrogens is 424 g/mol. The number of hydrogen-bond donors (Lipinski definition) is 1. The average molecular weight is 448 g/mol. The van der Waals surface area contributed by atoms with Crippen LogP contribution in [0.4, 0.5) is 0 Å². The van der Waals surface area contributed by atoms with E-state index < -0.39 is 5.97 Å². The number of esters is 1. The molecule has 170 valence electrons. The van der Waals surface area contributed by atoms with E-state index in [1.807, 2.05) is 19.1 Å². The highest BCUT2D eigenvalue weighted by Gasteiger charge is 2.13. The van der Waals surface area contributed by atoms with Crippen molar-refractivity contribution < 1.29 is 28.5 Å². The number of aryl methyl sites for hydroxylation is 1. The van der Waals surface area contributed by atoms with E-state index in [2.05, 4.69) is 10.5 Å². The molecule has 0 atom stereocenters. The third-order valence-corrected chi connectivity index (χ3v) is 4.50. The lowest BCUT2D eigenvalue weighted by molar-refractivity contribution is -0.123. The first kappa shape index (κ1) is 23.3. The molecule has 3 aromatic rings. The van der Waals surface area contributed by atoms with Gasteiger partial charge >= 0.3 is 5.97 Å². The maximum atomic E-state index is 12.4. The Balaban J connectivity index is 1.49. The number of rotatable bonds is 9. The van der Waals surface area contributed by atoms with Crippen molar-refractivity contribution >= 4 is 18.1 Å². The van der Waals surface area contributed by atoms with Crippen molar-refractivity contribution in [1.82, 2.24) is 5.43 Å². The van der Waals surface area contributed by atoms with Crippen LogP contribution in [0, 0.1) is 6.92 Å². The molecule has 0 heterocycles. The normalized spacial score (nSPS) is 10.5. The lowest BCUT2D eigenvalue weighted by Gasteiger charge is -2.09. The summed E-state index contributed by atoms with van der Waals surface area (Å²) in [4.78, 5) is 24.2. The number of hydrogen-bond acceptors (Lipinski definition) is 7. The Hall–Kier alpha value is -4.33. The molecule has 0 spiro atoms. The van der Waals surface area contributed by atoms with Crippen LogP contribution in [0.1, 0.15) is 21.5 Å². The van der Waals surface area contributed by atoms with Gasteiger partial charge in [0.25, 0.3) is 5.91 Å². The molecule has 1 N–H and O–H groups in total. The SMILES string of the molecule is COc1ccc(C(=O)Oc2ccc(/C=N\NC(=O)COc3ccc(C)cc3)cc2)cc1OC. The number of carbonyl (C=O) groups excluding carboxylic acids is 2. The zero-order valence-electron chi connectivity index (χ0n) is 18.5. The van der Waals surface area contributed by atoms with Gasteiger partial charge in [0.05, 0.1) is 26.0 Å². The van der Waals surface area contributed by atoms with Crippen molar-refractivity contribution in [3.8, 4) is 23.0 Å². The van der Waals surface area contributed by atoms with Gasteiger partial charge in [0.1, 0.15) is 11.5 Å². The number of carbonyl (C=O) groups is 2. The first-order valence-corrected chi connectivity index (χ1v) is 10.0. The molecule has 0 saturated carbocycles. The molecule has 33 heavy (non-hydrogen) atoms. The Morgan fingerprint density at radius 2 is 1.55 bits per heavy atom. The highest BCUT2D eigenvalue weighted by molar-refractivity contribution is 5.92. The van der Waals surface area contributed by atoms with E-state index in [0.29, 0.717) is 34.1 Å². The number of nitrogens with one attached hydrogen (secondary N) is 1. The standard InChI is InChI=1S/C25H24N2O6/c1-17-4-9-20(10-5-17)32-16-24(28)27-26-15-18-6-11-21(12-7-18)33-25(29)19-8-13-22(30-2)23(14-19)31-3/h4-15H,16H2,1-3H3,(H,27,28)/b26-15-. The molecular formula is C25H24N2O6. The minimum absolute atomic E-state index is 0.147. The lowest BCUT2D eigenvalue weighted by Crippen LogP contribution is -2.24. The second-order valence-electron chi connectivity index (χ2n) is 6.92. The highest BCUT2D eigenvalue weighted by atomic mass is 16.5. The van der Waals surface area contributed by atoms with Crippen molar-refractivity contribution in [2.24, 2.45) is 5.10 Å². The molecule has 8 heteroatoms. The summed E-state index contributed by atoms with van der Waals surface area (Å²) in [5.41, 5.74) is 4.55. The quantitative estimate of drug-likeness (QED) is 0.232. The molecule has 0 aromatic heterocycles. The Labute approximate surface area is 191 Å². The van der Waals surface area contributed by atoms with Gasteiger partial charge < -0.3 is 18.9 Å². The van der Waals surface area contributed by atoms with E-state index in [1.165, 1.54) is 20.4 Å². The van der Waals surface area contributed by atoms with E-state index in [9.17, 15) is 9.59 Å². The van der Waals surface area contributed by atoms with Crippen LogP contribution in [0.5, 0.6) is 23.0 Å². The van der Waals surface area contributed by atoms with Gasteiger partial charge in [-0.05, 0) is 67.1 Å². The Bertz CT molecular complexity index is 1120. The monoisotopic (exact) mass is 448 g/mol. The summed E-state index contributed by atoms with van der Waals surface area (Å²) in [6.07, 6.45) is 1.48. The molecule has 0 saturated heterocycles. The molecule has 0 aliphatic rings. The topological polar surface area (TPSA) is 95.5 Å². The first-order chi connectivity index (χ1) is 16.0. The second kappa shape index (κ2) is 11.3. The summed E-state index contributed by atoms with van der Waals surface area (Å²) in [5.74, 6) is 1.02. The van der Waals surface area contributed by atoms with Crippen LogP contribution in [-0.2, 0) is 4.79 Å². The van der Waals surface area contributed by atoms with Gasteiger partial charge in [0.15, 0.2) is 18.1 Å². The lowest BCUT2D eigenvalue weighted by atomic mass is 10.2. The zero-order valence-corrected chi connectivity index (χ0v) is 18.5. The summed E-state index contributed by atoms with van der Waals surface area (Å²) in [6.45, 7) is 1.82. The summed E-state index contributed by atoms with van der Waals surface area (Å²) in [5, 5.41) is 3.90. The third kappa shape index (κ3) is 6.83. The molecule has 0 fully saturated rings. The van der Waals surface area contributed by atoms with E-state index in [4.69, 9.17) is 18.9 Å². The smallest absolute Gasteiger partial charge is 0.343 e. The van der Waals surface area contributed by atoms with Gasteiger partial charge in [0, 0.05) is 0 Å². The molecule has 0 unspecified atom stereocenters. The largest absolute Gasteiger partial charge is 0.493 e. The Kier molecular flexibility index (Phi) is 8.02. The number of methoxy groups -OCH3 is 2. The van der Waals surface area contributed by atoms with Crippen LogP contribution in [0.15, 0.2) is 71.8 Å². The second-order valence-corrected chi connectivity index (χ2v) is 6.92. The molecule has 0 radical (unpaired) electrons. The van der Waals surface area contributed by atoms with Crippen LogP contribution >= 0.6 is 0 Å². The maximum Gasteiger partial charge on any atom is 0.343 e. The molecule has 0 aliphatic carbocycles. The third-order valence-electron chi connectivity index (χ3n) is 4.50. The van der Waals surface area contributed by atoms with Gasteiger partial charge in [-0.2, -0.15) is 5.10 Å². The number of nitrogens with zero attached hydrogens (tertiary/aromatic N) is 1. The van der Waals surface area contributed by atoms with Crippen LogP contribution in [-0.4, -0.2) is 38.9 Å². The van der Waals surface area contributed by atoms with Crippen molar-refractivity contribution in [1.29, 1.82) is 0 Å². The van der Waals surface area contributed by atoms with Crippen LogP contribution in [0.2, 0.25) is 0 Å². The summed E-state index contributed by atoms with van der Waals surface area (Å²) >= 11 is 0. The summed E-state index contributed by atoms with van der Waals surface area (Å²) in [7, 11) is 3.01. The van der Waals surface area contributed by atoms with E-state index in [0.717, 1.165) is 5.56 Å². The maximum absolute atomic E-state index is 12.4. The van der Waals surface area contributed by atoms with E-state index >= 15 is 0 Å². The number of benzene rings is 3. The fourth-order valence-corrected chi connectivity index (χ4v) is 2.75. The van der Waals surface area contributed by atoms with Crippen molar-refractivity contribution in [3.63, 3.8) is 0 Å². The minimum atomic E-state index is -0.529. The molecule has 8 nitrogen and oxygen atoms in total. The molecule has 1 amide bonds. The first-order valence-electron chi connectivity index (χ1n) is 10.0. The number of hydrazone groups is 1. The molecule has 0 aliphatic heterocycles. The van der Waals surface area contributed by atoms with Crippen LogP contribution in [0.25, 0.3) is 0 Å². The zero-order chi connectivity index (χ0) is 23.6. The van der Waals surface area contributed by atoms with Crippen LogP contribution < -0.4 is 24.4 Å². The predicted octanol–water partition coefficient (Wildman–Crippen LogP) is 3.76. The molecule has 0 bridgehead atoms. The minimum Gasteiger partial charge on any atom is -0.493 e. The molecule has 3 rings (SSSR count). The van der Waals surface area contributed by atoms with Crippen molar-refractivity contribution in [3.05, 3.63) is 83.4 Å². The van der Waals surface area contributed by atoms with Gasteiger partial charge in [0.2, 0.25) is 0 Å². The van der Waals surface area contributed by atoms with Gasteiger partial charge in [-0.15, -0.1) is 0 Å². The number of ether oxygens (including phenoxy) is 4. The average Bonchev–Trinajstić information content (AvgIpc) is 2.84. The molecule has 3 aromatic carbocycles. The summed E-state index contributed by atoms with van der Waals surface area (Å²) in [6, 6.07) is 18.8. The summed E-state index contributed by atoms with van der Waals surface area (Å²) < 4.78 is 21.1. The fourth-order valence-electron chi connectivity index (χ4n) is 2.75. The fraction of sp³-hybridized carbons (Fsp3) is 0.160. The van der Waals surface area contributed by atoms with Crippen molar-refractivity contribution in [2.45, 2.75) is 6.92 Å². The highest BCUT2D eigenvalue weighted by Crippen LogP contribution is 2.28. The Morgan fingerprint density at radius 1 is 0.879 bits per heavy atom. The van der Waals surface area contributed by atoms with Gasteiger partial charge in [-0.1, -0.05) is 17.7 Å². The van der Waals surface area contributed by atoms with E-state index in [1.54, 1.807) is 54.6 Å². The van der Waals surface area contributed by atoms with Gasteiger partial charge in [-0.3, -0.25) is 4.79 Å². The van der Waals surface area contributed by atoms with Gasteiger partial charge in [-0.25, -0.2) is 10.2 Å². The van der Waals surface area contributed by atoms with Crippen molar-refractivity contribution in [2.75, 3.05) is 20.8 Å².